The van der Waals surface area contributed by atoms with Crippen molar-refractivity contribution in [3.05, 3.63) is 24.3 Å². The van der Waals surface area contributed by atoms with Crippen molar-refractivity contribution in [1.82, 2.24) is 0 Å². The van der Waals surface area contributed by atoms with E-state index in [1.807, 2.05) is 12.2 Å². The number of nitrogens with two attached hydrogens (primary N) is 1. The fraction of sp³-hybridized carbons (Fsp3) is 0.500. The highest BCUT2D eigenvalue weighted by molar-refractivity contribution is 5.64. The number of hydrogen-bond donors (Lipinski definition) is 1. The third-order valence-electron chi connectivity index (χ3n) is 1.43. The Labute approximate surface area is 79.3 Å². The molecule has 0 aliphatic carbocycles. The van der Waals surface area contributed by atoms with Crippen molar-refractivity contribution in [3.63, 3.8) is 0 Å². The minimum absolute atomic E-state index is 0.244. The average molecular weight is 183 g/mol. The van der Waals surface area contributed by atoms with Crippen LogP contribution in [0.15, 0.2) is 24.3 Å². The quantitative estimate of drug-likeness (QED) is 0.507. The Bertz CT molecular complexity index is 185. The first-order valence-electron chi connectivity index (χ1n) is 4.51. The third kappa shape index (κ3) is 10.8. The smallest absolute Gasteiger partial charge is 0.404 e. The van der Waals surface area contributed by atoms with Gasteiger partial charge in [0.05, 0.1) is 0 Å². The summed E-state index contributed by atoms with van der Waals surface area (Å²) in [7, 11) is 0. The number of hydrogen-bond acceptors (Lipinski definition) is 2. The molecule has 3 heteroatoms. The van der Waals surface area contributed by atoms with Gasteiger partial charge in [0.2, 0.25) is 0 Å². The van der Waals surface area contributed by atoms with Crippen molar-refractivity contribution in [1.29, 1.82) is 0 Å². The molecule has 0 atom stereocenters. The molecule has 0 saturated heterocycles. The van der Waals surface area contributed by atoms with Gasteiger partial charge in [-0.05, 0) is 12.5 Å². The van der Waals surface area contributed by atoms with Gasteiger partial charge in [-0.3, -0.25) is 0 Å². The third-order valence-corrected chi connectivity index (χ3v) is 1.43. The SMILES string of the molecule is CCCC/C=C/C=C/COC(N)=O. The number of carbonyl (C=O) groups excluding carboxylic acids is 1. The molecule has 13 heavy (non-hydrogen) atoms. The zero-order valence-electron chi connectivity index (χ0n) is 8.03. The van der Waals surface area contributed by atoms with E-state index < -0.39 is 6.09 Å². The van der Waals surface area contributed by atoms with Gasteiger partial charge in [-0.25, -0.2) is 4.79 Å². The fourth-order valence-corrected chi connectivity index (χ4v) is 0.761. The first-order chi connectivity index (χ1) is 6.27. The van der Waals surface area contributed by atoms with Crippen molar-refractivity contribution in [3.8, 4) is 0 Å². The lowest BCUT2D eigenvalue weighted by Gasteiger charge is -1.92. The highest BCUT2D eigenvalue weighted by Crippen LogP contribution is 1.94. The van der Waals surface area contributed by atoms with Crippen molar-refractivity contribution >= 4 is 6.09 Å². The van der Waals surface area contributed by atoms with Crippen molar-refractivity contribution in [2.45, 2.75) is 26.2 Å². The van der Waals surface area contributed by atoms with Gasteiger partial charge in [0.25, 0.3) is 0 Å². The molecule has 0 aliphatic heterocycles. The number of carbonyl (C=O) groups is 1. The number of allylic oxidation sites excluding steroid dienone is 3. The second-order valence-electron chi connectivity index (χ2n) is 2.63. The van der Waals surface area contributed by atoms with Gasteiger partial charge in [0.15, 0.2) is 0 Å². The molecule has 0 aromatic carbocycles. The van der Waals surface area contributed by atoms with E-state index in [0.717, 1.165) is 6.42 Å². The van der Waals surface area contributed by atoms with E-state index in [1.165, 1.54) is 12.8 Å². The van der Waals surface area contributed by atoms with Gasteiger partial charge in [-0.1, -0.05) is 38.0 Å². The Morgan fingerprint density at radius 2 is 2.08 bits per heavy atom. The standard InChI is InChI=1S/C10H17NO2/c1-2-3-4-5-6-7-8-9-13-10(11)12/h5-8H,2-4,9H2,1H3,(H2,11,12)/b6-5+,8-7+. The van der Waals surface area contributed by atoms with E-state index in [9.17, 15) is 4.79 Å². The van der Waals surface area contributed by atoms with Crippen LogP contribution in [-0.4, -0.2) is 12.7 Å². The summed E-state index contributed by atoms with van der Waals surface area (Å²) in [6.07, 6.45) is 10.4. The maximum atomic E-state index is 10.1. The van der Waals surface area contributed by atoms with Gasteiger partial charge >= 0.3 is 6.09 Å². The Morgan fingerprint density at radius 3 is 2.69 bits per heavy atom. The van der Waals surface area contributed by atoms with Gasteiger partial charge in [0, 0.05) is 0 Å². The van der Waals surface area contributed by atoms with Crippen LogP contribution in [0.4, 0.5) is 4.79 Å². The molecular formula is C10H17NO2. The molecular weight excluding hydrogens is 166 g/mol. The van der Waals surface area contributed by atoms with Crippen LogP contribution in [0.5, 0.6) is 0 Å². The lowest BCUT2D eigenvalue weighted by atomic mass is 10.2. The maximum absolute atomic E-state index is 10.1. The molecule has 3 nitrogen and oxygen atoms in total. The van der Waals surface area contributed by atoms with Crippen molar-refractivity contribution < 1.29 is 9.53 Å². The Hall–Kier alpha value is -1.25. The van der Waals surface area contributed by atoms with Crippen LogP contribution in [-0.2, 0) is 4.74 Å². The van der Waals surface area contributed by atoms with Gasteiger partial charge in [0.1, 0.15) is 6.61 Å². The Kier molecular flexibility index (Phi) is 7.99. The van der Waals surface area contributed by atoms with Crippen LogP contribution in [0.3, 0.4) is 0 Å². The molecule has 0 aromatic rings. The normalized spacial score (nSPS) is 11.2. The average Bonchev–Trinajstić information content (AvgIpc) is 2.09. The summed E-state index contributed by atoms with van der Waals surface area (Å²) in [5.74, 6) is 0. The second kappa shape index (κ2) is 8.84. The zero-order chi connectivity index (χ0) is 9.94. The number of amides is 1. The summed E-state index contributed by atoms with van der Waals surface area (Å²) < 4.78 is 4.49. The Morgan fingerprint density at radius 1 is 1.38 bits per heavy atom. The summed E-state index contributed by atoms with van der Waals surface area (Å²) in [4.78, 5) is 10.1. The fourth-order valence-electron chi connectivity index (χ4n) is 0.761. The van der Waals surface area contributed by atoms with Gasteiger partial charge < -0.3 is 10.5 Å². The van der Waals surface area contributed by atoms with E-state index in [1.54, 1.807) is 6.08 Å². The second-order valence-corrected chi connectivity index (χ2v) is 2.63. The number of unbranched alkanes of at least 4 members (excludes halogenated alkanes) is 2. The molecule has 0 heterocycles. The summed E-state index contributed by atoms with van der Waals surface area (Å²) in [6.45, 7) is 2.40. The minimum atomic E-state index is -0.736. The molecule has 0 bridgehead atoms. The van der Waals surface area contributed by atoms with E-state index in [4.69, 9.17) is 5.73 Å². The van der Waals surface area contributed by atoms with Crippen LogP contribution in [0.1, 0.15) is 26.2 Å². The van der Waals surface area contributed by atoms with Gasteiger partial charge in [-0.2, -0.15) is 0 Å². The van der Waals surface area contributed by atoms with Crippen LogP contribution in [0.25, 0.3) is 0 Å². The van der Waals surface area contributed by atoms with Crippen LogP contribution < -0.4 is 5.73 Å². The molecule has 0 aromatic heterocycles. The molecule has 0 aliphatic rings. The minimum Gasteiger partial charge on any atom is -0.445 e. The van der Waals surface area contributed by atoms with E-state index in [2.05, 4.69) is 17.7 Å². The summed E-state index contributed by atoms with van der Waals surface area (Å²) in [6, 6.07) is 0. The highest BCUT2D eigenvalue weighted by atomic mass is 16.5. The number of primary amides is 1. The Balaban J connectivity index is 3.29. The predicted octanol–water partition coefficient (Wildman–Crippen LogP) is 2.38. The van der Waals surface area contributed by atoms with Crippen molar-refractivity contribution in [2.24, 2.45) is 5.73 Å². The first-order valence-corrected chi connectivity index (χ1v) is 4.51. The molecule has 0 saturated carbocycles. The van der Waals surface area contributed by atoms with E-state index in [-0.39, 0.29) is 6.61 Å². The highest BCUT2D eigenvalue weighted by Gasteiger charge is 1.85. The monoisotopic (exact) mass is 183 g/mol. The zero-order valence-corrected chi connectivity index (χ0v) is 8.03. The van der Waals surface area contributed by atoms with Crippen LogP contribution in [0, 0.1) is 0 Å². The lowest BCUT2D eigenvalue weighted by molar-refractivity contribution is 0.169. The molecule has 74 valence electrons. The van der Waals surface area contributed by atoms with E-state index >= 15 is 0 Å². The molecule has 0 rings (SSSR count). The summed E-state index contributed by atoms with van der Waals surface area (Å²) in [5.41, 5.74) is 4.76. The van der Waals surface area contributed by atoms with Crippen molar-refractivity contribution in [2.75, 3.05) is 6.61 Å². The first kappa shape index (κ1) is 11.8. The molecule has 0 fully saturated rings. The molecule has 2 N–H and O–H groups in total. The topological polar surface area (TPSA) is 52.3 Å². The largest absolute Gasteiger partial charge is 0.445 e. The van der Waals surface area contributed by atoms with E-state index in [0.29, 0.717) is 0 Å². The predicted molar refractivity (Wildman–Crippen MR) is 53.3 cm³/mol. The number of ether oxygens (including phenoxy) is 1. The molecule has 1 amide bonds. The molecule has 0 radical (unpaired) electrons. The molecule has 0 unspecified atom stereocenters. The summed E-state index contributed by atoms with van der Waals surface area (Å²) >= 11 is 0. The maximum Gasteiger partial charge on any atom is 0.404 e. The van der Waals surface area contributed by atoms with Gasteiger partial charge in [-0.15, -0.1) is 0 Å². The number of rotatable bonds is 6. The summed E-state index contributed by atoms with van der Waals surface area (Å²) in [5, 5.41) is 0. The van der Waals surface area contributed by atoms with Crippen LogP contribution in [0.2, 0.25) is 0 Å². The molecule has 0 spiro atoms. The van der Waals surface area contributed by atoms with Crippen LogP contribution >= 0.6 is 0 Å². The lowest BCUT2D eigenvalue weighted by Crippen LogP contribution is -2.12.